The number of carbonyl (C=O) groups is 2. The molecule has 0 unspecified atom stereocenters. The fourth-order valence-corrected chi connectivity index (χ4v) is 3.10. The summed E-state index contributed by atoms with van der Waals surface area (Å²) < 4.78 is 10.7. The highest BCUT2D eigenvalue weighted by molar-refractivity contribution is 6.29. The first kappa shape index (κ1) is 20.6. The summed E-state index contributed by atoms with van der Waals surface area (Å²) in [5, 5.41) is 12.1. The molecular weight excluding hydrogens is 380 g/mol. The van der Waals surface area contributed by atoms with Crippen LogP contribution < -0.4 is 10.1 Å². The Labute approximate surface area is 174 Å². The van der Waals surface area contributed by atoms with E-state index < -0.39 is 5.91 Å². The molecule has 3 rings (SSSR count). The second-order valence-electron chi connectivity index (χ2n) is 6.56. The first-order valence-electron chi connectivity index (χ1n) is 9.21. The first-order valence-corrected chi connectivity index (χ1v) is 9.21. The summed E-state index contributed by atoms with van der Waals surface area (Å²) in [7, 11) is 1.58. The van der Waals surface area contributed by atoms with Crippen LogP contribution >= 0.6 is 0 Å². The third-order valence-corrected chi connectivity index (χ3v) is 4.53. The number of benzene rings is 2. The monoisotopic (exact) mass is 400 g/mol. The Morgan fingerprint density at radius 2 is 1.77 bits per heavy atom. The van der Waals surface area contributed by atoms with Gasteiger partial charge in [-0.3, -0.25) is 14.9 Å². The first-order chi connectivity index (χ1) is 14.4. The van der Waals surface area contributed by atoms with Gasteiger partial charge in [0.15, 0.2) is 5.78 Å². The minimum absolute atomic E-state index is 0.0187. The molecule has 0 fully saturated rings. The zero-order valence-corrected chi connectivity index (χ0v) is 16.9. The maximum atomic E-state index is 13.1. The summed E-state index contributed by atoms with van der Waals surface area (Å²) in [5.41, 5.74) is 2.06. The number of methoxy groups -OCH3 is 1. The van der Waals surface area contributed by atoms with Crippen LogP contribution in [-0.4, -0.2) is 18.8 Å². The number of ketones is 1. The largest absolute Gasteiger partial charge is 0.497 e. The topological polar surface area (TPSA) is 92.3 Å². The fraction of sp³-hybridized carbons (Fsp3) is 0.125. The number of hydrogen-bond donors (Lipinski definition) is 1. The Balaban J connectivity index is 2.02. The average molecular weight is 400 g/mol. The van der Waals surface area contributed by atoms with E-state index in [2.05, 4.69) is 5.32 Å². The third kappa shape index (κ3) is 4.31. The molecule has 1 heterocycles. The summed E-state index contributed by atoms with van der Waals surface area (Å²) in [5.74, 6) is 0.193. The van der Waals surface area contributed by atoms with Gasteiger partial charge in [-0.1, -0.05) is 42.5 Å². The number of furan rings is 1. The molecule has 1 amide bonds. The van der Waals surface area contributed by atoms with Gasteiger partial charge in [-0.15, -0.1) is 0 Å². The lowest BCUT2D eigenvalue weighted by atomic mass is 10.0. The van der Waals surface area contributed by atoms with E-state index in [-0.39, 0.29) is 28.6 Å². The lowest BCUT2D eigenvalue weighted by Gasteiger charge is -2.09. The van der Waals surface area contributed by atoms with Crippen molar-refractivity contribution in [2.75, 3.05) is 12.4 Å². The van der Waals surface area contributed by atoms with Gasteiger partial charge in [-0.05, 0) is 43.2 Å². The Bertz CT molecular complexity index is 1150. The molecule has 30 heavy (non-hydrogen) atoms. The minimum Gasteiger partial charge on any atom is -0.497 e. The Morgan fingerprint density at radius 3 is 2.33 bits per heavy atom. The summed E-state index contributed by atoms with van der Waals surface area (Å²) in [6.45, 7) is 2.93. The van der Waals surface area contributed by atoms with Gasteiger partial charge in [-0.2, -0.15) is 5.26 Å². The van der Waals surface area contributed by atoms with Crippen molar-refractivity contribution in [2.45, 2.75) is 13.8 Å². The predicted octanol–water partition coefficient (Wildman–Crippen LogP) is 4.85. The van der Waals surface area contributed by atoms with Crippen molar-refractivity contribution in [1.82, 2.24) is 0 Å². The van der Waals surface area contributed by atoms with E-state index in [1.165, 1.54) is 6.92 Å². The van der Waals surface area contributed by atoms with Crippen molar-refractivity contribution in [3.05, 3.63) is 82.6 Å². The van der Waals surface area contributed by atoms with E-state index in [9.17, 15) is 14.9 Å². The molecule has 150 valence electrons. The van der Waals surface area contributed by atoms with E-state index in [0.717, 1.165) is 5.56 Å². The third-order valence-electron chi connectivity index (χ3n) is 4.53. The summed E-state index contributed by atoms with van der Waals surface area (Å²) in [4.78, 5) is 25.0. The second kappa shape index (κ2) is 8.93. The van der Waals surface area contributed by atoms with Gasteiger partial charge < -0.3 is 9.15 Å². The molecule has 0 spiro atoms. The van der Waals surface area contributed by atoms with Crippen molar-refractivity contribution in [2.24, 2.45) is 0 Å². The van der Waals surface area contributed by atoms with Crippen LogP contribution in [0.4, 0.5) is 5.88 Å². The number of carbonyl (C=O) groups excluding carboxylic acids is 2. The van der Waals surface area contributed by atoms with E-state index in [0.29, 0.717) is 16.9 Å². The van der Waals surface area contributed by atoms with Crippen LogP contribution in [0, 0.1) is 18.3 Å². The molecule has 0 saturated carbocycles. The average Bonchev–Trinajstić information content (AvgIpc) is 3.07. The minimum atomic E-state index is -0.461. The molecule has 2 aromatic carbocycles. The van der Waals surface area contributed by atoms with Crippen molar-refractivity contribution in [3.63, 3.8) is 0 Å². The summed E-state index contributed by atoms with van der Waals surface area (Å²) in [6, 6.07) is 18.4. The summed E-state index contributed by atoms with van der Waals surface area (Å²) >= 11 is 0. The maximum absolute atomic E-state index is 13.1. The molecule has 0 saturated heterocycles. The highest BCUT2D eigenvalue weighted by Gasteiger charge is 2.23. The molecule has 0 bridgehead atoms. The smallest absolute Gasteiger partial charge is 0.258 e. The van der Waals surface area contributed by atoms with Crippen LogP contribution in [0.5, 0.6) is 5.75 Å². The number of rotatable bonds is 6. The zero-order valence-electron chi connectivity index (χ0n) is 16.9. The lowest BCUT2D eigenvalue weighted by molar-refractivity contribution is -0.111. The van der Waals surface area contributed by atoms with Crippen LogP contribution in [0.3, 0.4) is 0 Å². The van der Waals surface area contributed by atoms with Crippen LogP contribution in [0.15, 0.2) is 59.0 Å². The Kier molecular flexibility index (Phi) is 6.14. The number of nitriles is 1. The Hall–Kier alpha value is -4.11. The fourth-order valence-electron chi connectivity index (χ4n) is 3.10. The van der Waals surface area contributed by atoms with Gasteiger partial charge in [0, 0.05) is 5.57 Å². The molecule has 0 atom stereocenters. The molecule has 3 aromatic rings. The second-order valence-corrected chi connectivity index (χ2v) is 6.56. The van der Waals surface area contributed by atoms with E-state index in [4.69, 9.17) is 9.15 Å². The molecule has 6 nitrogen and oxygen atoms in total. The number of amides is 1. The van der Waals surface area contributed by atoms with Crippen molar-refractivity contribution < 1.29 is 18.7 Å². The normalized spacial score (nSPS) is 10.9. The van der Waals surface area contributed by atoms with E-state index in [1.54, 1.807) is 32.2 Å². The number of hydrogen-bond acceptors (Lipinski definition) is 5. The standard InChI is InChI=1S/C24H20N2O4/c1-15(27)22-16(2)30-24(21(22)14-25)26-23(28)20(18-7-5-4-6-8-18)13-17-9-11-19(29-3)12-10-17/h4-13H,1-3H3,(H,26,28)/b20-13+. The highest BCUT2D eigenvalue weighted by atomic mass is 16.5. The number of nitrogens with one attached hydrogen (secondary N) is 1. The molecule has 1 aromatic heterocycles. The SMILES string of the molecule is COc1ccc(/C=C(/C(=O)Nc2oc(C)c(C(C)=O)c2C#N)c2ccccc2)cc1. The summed E-state index contributed by atoms with van der Waals surface area (Å²) in [6.07, 6.45) is 1.73. The molecule has 1 N–H and O–H groups in total. The van der Waals surface area contributed by atoms with Crippen molar-refractivity contribution in [3.8, 4) is 11.8 Å². The van der Waals surface area contributed by atoms with Crippen LogP contribution in [0.2, 0.25) is 0 Å². The maximum Gasteiger partial charge on any atom is 0.258 e. The van der Waals surface area contributed by atoms with Gasteiger partial charge in [0.2, 0.25) is 5.88 Å². The number of anilines is 1. The molecule has 0 aliphatic carbocycles. The van der Waals surface area contributed by atoms with Gasteiger partial charge in [0.25, 0.3) is 5.91 Å². The molecule has 0 radical (unpaired) electrons. The predicted molar refractivity (Wildman–Crippen MR) is 114 cm³/mol. The van der Waals surface area contributed by atoms with Gasteiger partial charge in [0.05, 0.1) is 12.7 Å². The zero-order chi connectivity index (χ0) is 21.7. The van der Waals surface area contributed by atoms with Gasteiger partial charge >= 0.3 is 0 Å². The molecular formula is C24H20N2O4. The lowest BCUT2D eigenvalue weighted by Crippen LogP contribution is -2.14. The van der Waals surface area contributed by atoms with Crippen LogP contribution in [0.1, 0.15) is 39.7 Å². The van der Waals surface area contributed by atoms with Gasteiger partial charge in [0.1, 0.15) is 23.1 Å². The number of ether oxygens (including phenoxy) is 1. The number of Topliss-reactive ketones (excluding diaryl/α,β-unsaturated/α-hetero) is 1. The van der Waals surface area contributed by atoms with E-state index in [1.807, 2.05) is 48.5 Å². The van der Waals surface area contributed by atoms with E-state index >= 15 is 0 Å². The van der Waals surface area contributed by atoms with Crippen LogP contribution in [0.25, 0.3) is 11.6 Å². The van der Waals surface area contributed by atoms with Crippen LogP contribution in [-0.2, 0) is 4.79 Å². The van der Waals surface area contributed by atoms with Crippen molar-refractivity contribution in [1.29, 1.82) is 5.26 Å². The molecule has 6 heteroatoms. The highest BCUT2D eigenvalue weighted by Crippen LogP contribution is 2.29. The molecule has 0 aliphatic rings. The quantitative estimate of drug-likeness (QED) is 0.363. The molecule has 0 aliphatic heterocycles. The number of nitrogens with zero attached hydrogens (tertiary/aromatic N) is 1. The Morgan fingerprint density at radius 1 is 1.10 bits per heavy atom. The number of aryl methyl sites for hydroxylation is 1. The van der Waals surface area contributed by atoms with Crippen molar-refractivity contribution >= 4 is 29.2 Å². The van der Waals surface area contributed by atoms with Gasteiger partial charge in [-0.25, -0.2) is 0 Å².